The van der Waals surface area contributed by atoms with Gasteiger partial charge in [-0.1, -0.05) is 9.24 Å². The van der Waals surface area contributed by atoms with Crippen LogP contribution in [0.4, 0.5) is 0 Å². The molecule has 1 unspecified atom stereocenters. The molecule has 0 aliphatic heterocycles. The van der Waals surface area contributed by atoms with E-state index in [2.05, 4.69) is 0 Å². The molecule has 0 aromatic carbocycles. The minimum atomic E-state index is -1.80. The predicted molar refractivity (Wildman–Crippen MR) is 38.4 cm³/mol. The maximum atomic E-state index is 10.4. The van der Waals surface area contributed by atoms with Crippen LogP contribution in [-0.4, -0.2) is 39.2 Å². The third-order valence-corrected chi connectivity index (χ3v) is 1.61. The normalized spacial score (nSPS) is 19.7. The van der Waals surface area contributed by atoms with Crippen LogP contribution in [-0.2, 0) is 4.79 Å². The Morgan fingerprint density at radius 1 is 1.80 bits per heavy atom. The summed E-state index contributed by atoms with van der Waals surface area (Å²) in [7, 11) is 1.81. The van der Waals surface area contributed by atoms with Crippen LogP contribution in [0.3, 0.4) is 0 Å². The molecule has 5 heteroatoms. The maximum Gasteiger partial charge on any atom is 0.161 e. The van der Waals surface area contributed by atoms with Crippen LogP contribution in [0.5, 0.6) is 0 Å². The molecule has 0 saturated carbocycles. The molecule has 0 aromatic rings. The van der Waals surface area contributed by atoms with Gasteiger partial charge in [0.25, 0.3) is 0 Å². The van der Waals surface area contributed by atoms with Crippen molar-refractivity contribution in [2.45, 2.75) is 18.4 Å². The highest BCUT2D eigenvalue weighted by Gasteiger charge is 2.32. The van der Waals surface area contributed by atoms with Gasteiger partial charge in [0.1, 0.15) is 11.4 Å². The minimum Gasteiger partial charge on any atom is -0.393 e. The molecule has 0 aromatic heterocycles. The van der Waals surface area contributed by atoms with Crippen molar-refractivity contribution >= 4 is 15.0 Å². The van der Waals surface area contributed by atoms with E-state index in [0.717, 1.165) is 6.92 Å². The average Bonchev–Trinajstić information content (AvgIpc) is 1.86. The lowest BCUT2D eigenvalue weighted by Crippen LogP contribution is -2.43. The summed E-state index contributed by atoms with van der Waals surface area (Å²) in [5.74, 6) is -0.577. The van der Waals surface area contributed by atoms with Gasteiger partial charge >= 0.3 is 0 Å². The molecule has 0 fully saturated rings. The summed E-state index contributed by atoms with van der Waals surface area (Å²) in [4.78, 5) is 10.4. The molecule has 10 heavy (non-hydrogen) atoms. The van der Waals surface area contributed by atoms with Gasteiger partial charge in [0.15, 0.2) is 5.78 Å². The molecule has 3 atom stereocenters. The first-order valence-corrected chi connectivity index (χ1v) is 3.30. The van der Waals surface area contributed by atoms with E-state index in [9.17, 15) is 4.79 Å². The molecule has 0 rings (SSSR count). The maximum absolute atomic E-state index is 10.4. The Morgan fingerprint density at radius 3 is 2.30 bits per heavy atom. The molecule has 4 nitrogen and oxygen atoms in total. The van der Waals surface area contributed by atoms with Gasteiger partial charge in [-0.05, 0) is 6.92 Å². The van der Waals surface area contributed by atoms with E-state index in [1.54, 1.807) is 0 Å². The molecule has 0 amide bonds. The fourth-order valence-corrected chi connectivity index (χ4v) is 0.673. The zero-order valence-corrected chi connectivity index (χ0v) is 6.77. The van der Waals surface area contributed by atoms with E-state index < -0.39 is 23.8 Å². The van der Waals surface area contributed by atoms with Gasteiger partial charge in [0.2, 0.25) is 0 Å². The van der Waals surface area contributed by atoms with Gasteiger partial charge in [0, 0.05) is 0 Å². The first kappa shape index (κ1) is 9.98. The Balaban J connectivity index is 4.17. The molecular weight excluding hydrogens is 155 g/mol. The van der Waals surface area contributed by atoms with Gasteiger partial charge in [-0.3, -0.25) is 4.79 Å². The largest absolute Gasteiger partial charge is 0.393 e. The van der Waals surface area contributed by atoms with Crippen LogP contribution < -0.4 is 0 Å². The van der Waals surface area contributed by atoms with Gasteiger partial charge in [0.05, 0.1) is 6.61 Å². The second-order valence-electron chi connectivity index (χ2n) is 2.16. The SMILES string of the molecule is CC(=O)[C@H](O)[C@](O)(P)CO. The lowest BCUT2D eigenvalue weighted by Gasteiger charge is -2.23. The molecule has 0 aliphatic rings. The first-order valence-electron chi connectivity index (χ1n) is 2.72. The summed E-state index contributed by atoms with van der Waals surface area (Å²) in [6.07, 6.45) is -1.54. The van der Waals surface area contributed by atoms with Gasteiger partial charge in [-0.15, -0.1) is 0 Å². The zero-order valence-electron chi connectivity index (χ0n) is 5.61. The van der Waals surface area contributed by atoms with E-state index in [1.807, 2.05) is 9.24 Å². The van der Waals surface area contributed by atoms with E-state index >= 15 is 0 Å². The van der Waals surface area contributed by atoms with Crippen LogP contribution >= 0.6 is 9.24 Å². The van der Waals surface area contributed by atoms with Crippen molar-refractivity contribution in [3.05, 3.63) is 0 Å². The van der Waals surface area contributed by atoms with Crippen LogP contribution in [0, 0.1) is 0 Å². The lowest BCUT2D eigenvalue weighted by atomic mass is 10.1. The molecule has 0 saturated heterocycles. The van der Waals surface area contributed by atoms with Crippen molar-refractivity contribution in [2.24, 2.45) is 0 Å². The average molecular weight is 166 g/mol. The molecule has 3 N–H and O–H groups in total. The summed E-state index contributed by atoms with van der Waals surface area (Å²) in [6.45, 7) is 0.466. The van der Waals surface area contributed by atoms with E-state index in [-0.39, 0.29) is 0 Å². The smallest absolute Gasteiger partial charge is 0.161 e. The van der Waals surface area contributed by atoms with Crippen molar-refractivity contribution in [3.63, 3.8) is 0 Å². The molecule has 0 spiro atoms. The summed E-state index contributed by atoms with van der Waals surface area (Å²) >= 11 is 0. The Morgan fingerprint density at radius 2 is 2.20 bits per heavy atom. The van der Waals surface area contributed by atoms with Crippen molar-refractivity contribution in [1.29, 1.82) is 0 Å². The number of carbonyl (C=O) groups is 1. The molecule has 60 valence electrons. The summed E-state index contributed by atoms with van der Waals surface area (Å²) in [5, 5.41) is 24.5. The number of rotatable bonds is 3. The fourth-order valence-electron chi connectivity index (χ4n) is 0.438. The topological polar surface area (TPSA) is 77.8 Å². The number of carbonyl (C=O) groups excluding carboxylic acids is 1. The van der Waals surface area contributed by atoms with Crippen molar-refractivity contribution in [1.82, 2.24) is 0 Å². The number of hydrogen-bond donors (Lipinski definition) is 3. The molecule has 0 radical (unpaired) electrons. The number of hydrogen-bond acceptors (Lipinski definition) is 4. The molecule has 0 aliphatic carbocycles. The fraction of sp³-hybridized carbons (Fsp3) is 0.800. The van der Waals surface area contributed by atoms with Crippen LogP contribution in [0.1, 0.15) is 6.92 Å². The number of aliphatic hydroxyl groups is 3. The zero-order chi connectivity index (χ0) is 8.36. The van der Waals surface area contributed by atoms with Gasteiger partial charge < -0.3 is 15.3 Å². The Hall–Kier alpha value is -0.0200. The molecular formula is C5H11O4P. The first-order chi connectivity index (χ1) is 4.41. The Labute approximate surface area is 61.1 Å². The highest BCUT2D eigenvalue weighted by Crippen LogP contribution is 2.18. The predicted octanol–water partition coefficient (Wildman–Crippen LogP) is -1.51. The quantitative estimate of drug-likeness (QED) is 0.445. The third-order valence-electron chi connectivity index (χ3n) is 1.11. The third kappa shape index (κ3) is 2.31. The van der Waals surface area contributed by atoms with Gasteiger partial charge in [-0.25, -0.2) is 0 Å². The van der Waals surface area contributed by atoms with Crippen molar-refractivity contribution < 1.29 is 20.1 Å². The number of Topliss-reactive ketones (excluding diaryl/α,β-unsaturated/α-hetero) is 1. The molecule has 0 bridgehead atoms. The Bertz CT molecular complexity index is 134. The second kappa shape index (κ2) is 3.39. The monoisotopic (exact) mass is 166 g/mol. The highest BCUT2D eigenvalue weighted by atomic mass is 31.0. The lowest BCUT2D eigenvalue weighted by molar-refractivity contribution is -0.135. The van der Waals surface area contributed by atoms with Gasteiger partial charge in [-0.2, -0.15) is 0 Å². The Kier molecular flexibility index (Phi) is 3.39. The standard InChI is InChI=1S/C5H11O4P/c1-3(7)4(8)5(9,10)2-6/h4,6,8-9H,2,10H2,1H3/t4-,5+/m0/s1. The summed E-state index contributed by atoms with van der Waals surface area (Å²) in [6, 6.07) is 0. The van der Waals surface area contributed by atoms with Crippen LogP contribution in [0.15, 0.2) is 0 Å². The van der Waals surface area contributed by atoms with E-state index in [4.69, 9.17) is 15.3 Å². The van der Waals surface area contributed by atoms with Crippen LogP contribution in [0.2, 0.25) is 0 Å². The van der Waals surface area contributed by atoms with Crippen molar-refractivity contribution in [3.8, 4) is 0 Å². The number of aliphatic hydroxyl groups excluding tert-OH is 2. The molecule has 0 heterocycles. The highest BCUT2D eigenvalue weighted by molar-refractivity contribution is 7.18. The van der Waals surface area contributed by atoms with Crippen molar-refractivity contribution in [2.75, 3.05) is 6.61 Å². The summed E-state index contributed by atoms with van der Waals surface area (Å²) < 4.78 is 0. The second-order valence-corrected chi connectivity index (χ2v) is 3.16. The van der Waals surface area contributed by atoms with E-state index in [1.165, 1.54) is 0 Å². The van der Waals surface area contributed by atoms with E-state index in [0.29, 0.717) is 0 Å². The summed E-state index contributed by atoms with van der Waals surface area (Å²) in [5.41, 5.74) is 0. The minimum absolute atomic E-state index is 0.577. The number of ketones is 1. The van der Waals surface area contributed by atoms with Crippen LogP contribution in [0.25, 0.3) is 0 Å².